The first-order valence-electron chi connectivity index (χ1n) is 7.52. The van der Waals surface area contributed by atoms with Crippen molar-refractivity contribution >= 4 is 24.4 Å². The Bertz CT molecular complexity index is 762. The van der Waals surface area contributed by atoms with Gasteiger partial charge in [0.2, 0.25) is 0 Å². The molecule has 0 saturated heterocycles. The van der Waals surface area contributed by atoms with E-state index in [2.05, 4.69) is 9.98 Å². The number of nitrogens with zero attached hydrogens (tertiary/aromatic N) is 2. The van der Waals surface area contributed by atoms with Gasteiger partial charge >= 0.3 is 11.9 Å². The highest BCUT2D eigenvalue weighted by Gasteiger charge is 2.07. The van der Waals surface area contributed by atoms with Crippen LogP contribution in [0.4, 0.5) is 0 Å². The van der Waals surface area contributed by atoms with Crippen LogP contribution in [-0.2, 0) is 9.59 Å². The number of hydrogen-bond acceptors (Lipinski definition) is 8. The molecule has 8 heteroatoms. The van der Waals surface area contributed by atoms with Crippen molar-refractivity contribution in [3.63, 3.8) is 0 Å². The smallest absolute Gasteiger partial charge is 0.333 e. The summed E-state index contributed by atoms with van der Waals surface area (Å²) in [5.41, 5.74) is 0. The average molecular weight is 356 g/mol. The highest BCUT2D eigenvalue weighted by molar-refractivity contribution is 6.16. The van der Waals surface area contributed by atoms with E-state index in [-0.39, 0.29) is 36.1 Å². The number of ether oxygens (including phenoxy) is 2. The molecule has 0 aliphatic carbocycles. The summed E-state index contributed by atoms with van der Waals surface area (Å²) >= 11 is 0. The Morgan fingerprint density at radius 3 is 1.54 bits per heavy atom. The number of phenolic OH excluding ortho intramolecular Hbond substituents is 2. The predicted molar refractivity (Wildman–Crippen MR) is 94.2 cm³/mol. The second-order valence-electron chi connectivity index (χ2n) is 4.86. The molecule has 0 aliphatic rings. The van der Waals surface area contributed by atoms with Gasteiger partial charge < -0.3 is 19.7 Å². The maximum Gasteiger partial charge on any atom is 0.333 e. The van der Waals surface area contributed by atoms with Gasteiger partial charge in [0.1, 0.15) is 13.1 Å². The van der Waals surface area contributed by atoms with Gasteiger partial charge in [0, 0.05) is 12.4 Å². The van der Waals surface area contributed by atoms with Crippen LogP contribution in [0.5, 0.6) is 23.0 Å². The molecule has 134 valence electrons. The molecule has 0 fully saturated rings. The summed E-state index contributed by atoms with van der Waals surface area (Å²) in [5, 5.41) is 19.0. The number of hydrogen-bond donors (Lipinski definition) is 2. The molecule has 0 amide bonds. The summed E-state index contributed by atoms with van der Waals surface area (Å²) in [5.74, 6) is -1.50. The topological polar surface area (TPSA) is 118 Å². The minimum absolute atomic E-state index is 0.0493. The summed E-state index contributed by atoms with van der Waals surface area (Å²) < 4.78 is 9.85. The van der Waals surface area contributed by atoms with Crippen molar-refractivity contribution in [2.75, 3.05) is 13.1 Å². The molecule has 0 spiro atoms. The zero-order valence-corrected chi connectivity index (χ0v) is 13.6. The maximum atomic E-state index is 11.6. The van der Waals surface area contributed by atoms with Crippen LogP contribution < -0.4 is 9.47 Å². The van der Waals surface area contributed by atoms with Gasteiger partial charge in [-0.2, -0.15) is 0 Å². The molecule has 2 aromatic carbocycles. The molecule has 0 unspecified atom stereocenters. The largest absolute Gasteiger partial charge is 0.504 e. The van der Waals surface area contributed by atoms with Crippen LogP contribution in [0.2, 0.25) is 0 Å². The Morgan fingerprint density at radius 2 is 1.15 bits per heavy atom. The molecule has 0 aliphatic heterocycles. The third-order valence-corrected chi connectivity index (χ3v) is 2.90. The minimum Gasteiger partial charge on any atom is -0.504 e. The Balaban J connectivity index is 1.71. The number of aromatic hydroxyl groups is 2. The fourth-order valence-corrected chi connectivity index (χ4v) is 1.75. The molecule has 0 heterocycles. The molecule has 0 atom stereocenters. The highest BCUT2D eigenvalue weighted by Crippen LogP contribution is 2.25. The van der Waals surface area contributed by atoms with Crippen molar-refractivity contribution in [3.05, 3.63) is 48.5 Å². The summed E-state index contributed by atoms with van der Waals surface area (Å²) in [6, 6.07) is 12.1. The number of esters is 2. The lowest BCUT2D eigenvalue weighted by Gasteiger charge is -2.03. The van der Waals surface area contributed by atoms with Crippen LogP contribution >= 0.6 is 0 Å². The molecule has 2 aromatic rings. The van der Waals surface area contributed by atoms with E-state index in [0.29, 0.717) is 0 Å². The van der Waals surface area contributed by atoms with Crippen molar-refractivity contribution in [3.8, 4) is 23.0 Å². The second kappa shape index (κ2) is 9.58. The first-order valence-corrected chi connectivity index (χ1v) is 7.52. The second-order valence-corrected chi connectivity index (χ2v) is 4.86. The predicted octanol–water partition coefficient (Wildman–Crippen LogP) is 1.75. The summed E-state index contributed by atoms with van der Waals surface area (Å²) in [6.45, 7) is -0.550. The lowest BCUT2D eigenvalue weighted by atomic mass is 10.3. The molecule has 0 radical (unpaired) electrons. The third kappa shape index (κ3) is 6.08. The number of carbonyl (C=O) groups excluding carboxylic acids is 2. The molecular weight excluding hydrogens is 340 g/mol. The molecule has 2 N–H and O–H groups in total. The maximum absolute atomic E-state index is 11.6. The number of phenols is 2. The summed E-state index contributed by atoms with van der Waals surface area (Å²) in [6.07, 6.45) is 2.47. The first-order chi connectivity index (χ1) is 12.6. The van der Waals surface area contributed by atoms with E-state index < -0.39 is 11.9 Å². The van der Waals surface area contributed by atoms with Crippen LogP contribution in [-0.4, -0.2) is 47.7 Å². The van der Waals surface area contributed by atoms with Gasteiger partial charge in [0.15, 0.2) is 23.0 Å². The highest BCUT2D eigenvalue weighted by atomic mass is 16.5. The molecular formula is C18H16N2O6. The molecule has 0 bridgehead atoms. The van der Waals surface area contributed by atoms with Gasteiger partial charge in [-0.15, -0.1) is 0 Å². The molecule has 0 aromatic heterocycles. The monoisotopic (exact) mass is 356 g/mol. The van der Waals surface area contributed by atoms with Crippen LogP contribution in [0.1, 0.15) is 0 Å². The third-order valence-electron chi connectivity index (χ3n) is 2.90. The van der Waals surface area contributed by atoms with Crippen molar-refractivity contribution < 1.29 is 29.3 Å². The SMILES string of the molecule is O=C(CN=CC=NCC(=O)Oc1ccccc1O)Oc1ccccc1O. The number of rotatable bonds is 7. The van der Waals surface area contributed by atoms with Crippen molar-refractivity contribution in [1.82, 2.24) is 0 Å². The van der Waals surface area contributed by atoms with Crippen molar-refractivity contribution in [2.24, 2.45) is 9.98 Å². The van der Waals surface area contributed by atoms with Gasteiger partial charge in [0.05, 0.1) is 0 Å². The van der Waals surface area contributed by atoms with E-state index >= 15 is 0 Å². The van der Waals surface area contributed by atoms with Gasteiger partial charge in [-0.05, 0) is 24.3 Å². The molecule has 0 saturated carbocycles. The minimum atomic E-state index is -0.657. The normalized spacial score (nSPS) is 10.9. The van der Waals surface area contributed by atoms with Crippen LogP contribution in [0.25, 0.3) is 0 Å². The van der Waals surface area contributed by atoms with Crippen LogP contribution in [0.15, 0.2) is 58.5 Å². The van der Waals surface area contributed by atoms with E-state index in [1.165, 1.54) is 36.7 Å². The summed E-state index contributed by atoms with van der Waals surface area (Å²) in [4.78, 5) is 30.6. The standard InChI is InChI=1S/C18H16N2O6/c21-13-5-1-3-7-15(13)25-17(23)11-19-9-10-20-12-18(24)26-16-8-4-2-6-14(16)22/h1-10,21-22H,11-12H2. The van der Waals surface area contributed by atoms with Crippen molar-refractivity contribution in [2.45, 2.75) is 0 Å². The van der Waals surface area contributed by atoms with Gasteiger partial charge in [-0.1, -0.05) is 24.3 Å². The lowest BCUT2D eigenvalue weighted by Crippen LogP contribution is -2.12. The first kappa shape index (κ1) is 18.7. The molecule has 26 heavy (non-hydrogen) atoms. The van der Waals surface area contributed by atoms with E-state index in [4.69, 9.17) is 9.47 Å². The molecule has 2 rings (SSSR count). The average Bonchev–Trinajstić information content (AvgIpc) is 2.62. The number of carbonyl (C=O) groups is 2. The van der Waals surface area contributed by atoms with E-state index in [0.717, 1.165) is 0 Å². The fourth-order valence-electron chi connectivity index (χ4n) is 1.75. The van der Waals surface area contributed by atoms with Gasteiger partial charge in [-0.25, -0.2) is 9.59 Å². The summed E-state index contributed by atoms with van der Waals surface area (Å²) in [7, 11) is 0. The Hall–Kier alpha value is -3.68. The number of benzene rings is 2. The zero-order valence-electron chi connectivity index (χ0n) is 13.6. The lowest BCUT2D eigenvalue weighted by molar-refractivity contribution is -0.133. The number of para-hydroxylation sites is 4. The van der Waals surface area contributed by atoms with Gasteiger partial charge in [0.25, 0.3) is 0 Å². The fraction of sp³-hybridized carbons (Fsp3) is 0.111. The quantitative estimate of drug-likeness (QED) is 0.443. The molecule has 8 nitrogen and oxygen atoms in total. The van der Waals surface area contributed by atoms with E-state index in [1.807, 2.05) is 0 Å². The van der Waals surface area contributed by atoms with Crippen molar-refractivity contribution in [1.29, 1.82) is 0 Å². The Kier molecular flexibility index (Phi) is 6.87. The Morgan fingerprint density at radius 1 is 0.769 bits per heavy atom. The Labute approximate surface area is 149 Å². The van der Waals surface area contributed by atoms with Gasteiger partial charge in [-0.3, -0.25) is 9.98 Å². The number of aliphatic imine (C=N–C) groups is 2. The van der Waals surface area contributed by atoms with Crippen LogP contribution in [0, 0.1) is 0 Å². The van der Waals surface area contributed by atoms with E-state index in [9.17, 15) is 19.8 Å². The van der Waals surface area contributed by atoms with E-state index in [1.54, 1.807) is 24.3 Å². The van der Waals surface area contributed by atoms with Crippen LogP contribution in [0.3, 0.4) is 0 Å². The zero-order chi connectivity index (χ0) is 18.8.